The van der Waals surface area contributed by atoms with Gasteiger partial charge in [-0.05, 0) is 73.6 Å². The van der Waals surface area contributed by atoms with Gasteiger partial charge in [0.15, 0.2) is 0 Å². The van der Waals surface area contributed by atoms with E-state index >= 15 is 0 Å². The highest BCUT2D eigenvalue weighted by molar-refractivity contribution is 7.85. The maximum absolute atomic E-state index is 14.1. The molecule has 1 rings (SSSR count). The van der Waals surface area contributed by atoms with Crippen LogP contribution in [0.15, 0.2) is 24.3 Å². The molecule has 0 saturated carbocycles. The number of hydrogen-bond acceptors (Lipinski definition) is 7. The summed E-state index contributed by atoms with van der Waals surface area (Å²) in [6, 6.07) is 6.80. The molecular formula is C20H34ClNO6P2S. The summed E-state index contributed by atoms with van der Waals surface area (Å²) in [6.07, 6.45) is -1.97. The highest BCUT2D eigenvalue weighted by Gasteiger charge is 2.55. The Labute approximate surface area is 196 Å². The fraction of sp³-hybridized carbons (Fsp3) is 0.650. The van der Waals surface area contributed by atoms with Gasteiger partial charge in [0.05, 0.1) is 24.4 Å². The van der Waals surface area contributed by atoms with Gasteiger partial charge in [0.2, 0.25) is 5.40 Å². The molecule has 1 aromatic rings. The van der Waals surface area contributed by atoms with Gasteiger partial charge >= 0.3 is 15.2 Å². The van der Waals surface area contributed by atoms with Crippen LogP contribution in [0.3, 0.4) is 0 Å². The third kappa shape index (κ3) is 9.23. The van der Waals surface area contributed by atoms with Gasteiger partial charge in [-0.1, -0.05) is 29.9 Å². The van der Waals surface area contributed by atoms with E-state index in [9.17, 15) is 9.13 Å². The van der Waals surface area contributed by atoms with Crippen molar-refractivity contribution in [3.63, 3.8) is 0 Å². The minimum Gasteiger partial charge on any atom is -0.349 e. The van der Waals surface area contributed by atoms with Gasteiger partial charge in [-0.2, -0.15) is 0 Å². The van der Waals surface area contributed by atoms with Crippen molar-refractivity contribution in [2.75, 3.05) is 5.32 Å². The van der Waals surface area contributed by atoms with E-state index in [1.165, 1.54) is 0 Å². The SMILES string of the molecule is CC(C)OP(=O)(OC(C)C)C(C(=S)Nc1cccc(Cl)c1)P(=O)(OC(C)C)OC(C)C. The number of thiocarbonyl (C=S) groups is 1. The zero-order chi connectivity index (χ0) is 24.0. The smallest absolute Gasteiger partial charge is 0.349 e. The van der Waals surface area contributed by atoms with Crippen molar-refractivity contribution in [2.45, 2.75) is 85.2 Å². The molecule has 31 heavy (non-hydrogen) atoms. The molecule has 0 aromatic heterocycles. The van der Waals surface area contributed by atoms with Crippen LogP contribution in [0.1, 0.15) is 55.4 Å². The van der Waals surface area contributed by atoms with E-state index < -0.39 is 45.0 Å². The highest BCUT2D eigenvalue weighted by Crippen LogP contribution is 2.72. The van der Waals surface area contributed by atoms with Crippen LogP contribution in [0.5, 0.6) is 0 Å². The monoisotopic (exact) mass is 513 g/mol. The van der Waals surface area contributed by atoms with Gasteiger partial charge in [0.1, 0.15) is 4.99 Å². The molecule has 0 fully saturated rings. The summed E-state index contributed by atoms with van der Waals surface area (Å²) in [5.41, 5.74) is 0.531. The van der Waals surface area contributed by atoms with Crippen LogP contribution in [0.25, 0.3) is 0 Å². The first-order valence-corrected chi connectivity index (χ1v) is 14.2. The maximum Gasteiger partial charge on any atom is 0.353 e. The summed E-state index contributed by atoms with van der Waals surface area (Å²) in [7, 11) is -8.26. The Morgan fingerprint density at radius 2 is 1.23 bits per heavy atom. The first-order chi connectivity index (χ1) is 14.2. The van der Waals surface area contributed by atoms with Crippen molar-refractivity contribution in [3.05, 3.63) is 29.3 Å². The fourth-order valence-electron chi connectivity index (χ4n) is 2.69. The van der Waals surface area contributed by atoms with Crippen LogP contribution in [0.4, 0.5) is 5.69 Å². The minimum atomic E-state index is -4.13. The summed E-state index contributed by atoms with van der Waals surface area (Å²) in [5.74, 6) is 0. The lowest BCUT2D eigenvalue weighted by atomic mass is 10.3. The standard InChI is InChI=1S/C20H34ClNO6P2S/c1-13(2)25-29(23,26-14(3)4)20(30(24,27-15(5)6)28-16(7)8)19(31)22-18-11-9-10-17(21)12-18/h9-16,20H,1-8H3,(H,22,31). The van der Waals surface area contributed by atoms with Crippen LogP contribution in [-0.2, 0) is 27.2 Å². The molecule has 0 aliphatic carbocycles. The topological polar surface area (TPSA) is 83.1 Å². The van der Waals surface area contributed by atoms with Gasteiger partial charge in [-0.15, -0.1) is 0 Å². The number of halogens is 1. The Morgan fingerprint density at radius 3 is 1.55 bits per heavy atom. The Morgan fingerprint density at radius 1 is 0.839 bits per heavy atom. The lowest BCUT2D eigenvalue weighted by Crippen LogP contribution is -2.32. The number of hydrogen-bond donors (Lipinski definition) is 1. The van der Waals surface area contributed by atoms with Crippen LogP contribution in [-0.4, -0.2) is 34.8 Å². The van der Waals surface area contributed by atoms with Crippen molar-refractivity contribution >= 4 is 49.7 Å². The molecule has 0 amide bonds. The Balaban J connectivity index is 3.62. The van der Waals surface area contributed by atoms with E-state index in [1.807, 2.05) is 0 Å². The van der Waals surface area contributed by atoms with Gasteiger partial charge in [0, 0.05) is 10.7 Å². The van der Waals surface area contributed by atoms with E-state index in [1.54, 1.807) is 79.7 Å². The molecule has 0 spiro atoms. The maximum atomic E-state index is 14.1. The van der Waals surface area contributed by atoms with Crippen LogP contribution < -0.4 is 5.32 Å². The van der Waals surface area contributed by atoms with Crippen LogP contribution in [0.2, 0.25) is 5.02 Å². The molecule has 1 aromatic carbocycles. The van der Waals surface area contributed by atoms with E-state index in [-0.39, 0.29) is 4.99 Å². The van der Waals surface area contributed by atoms with Gasteiger partial charge in [0.25, 0.3) is 0 Å². The van der Waals surface area contributed by atoms with Gasteiger partial charge in [-0.3, -0.25) is 9.13 Å². The minimum absolute atomic E-state index is 0.0449. The Hall–Kier alpha value is -0.300. The number of anilines is 1. The highest BCUT2D eigenvalue weighted by atomic mass is 35.5. The van der Waals surface area contributed by atoms with E-state index in [0.717, 1.165) is 0 Å². The quantitative estimate of drug-likeness (QED) is 0.227. The average molecular weight is 514 g/mol. The second-order valence-corrected chi connectivity index (χ2v) is 13.4. The molecule has 0 heterocycles. The van der Waals surface area contributed by atoms with Crippen molar-refractivity contribution in [1.29, 1.82) is 0 Å². The fourth-order valence-corrected chi connectivity index (χ4v) is 9.43. The zero-order valence-corrected chi connectivity index (χ0v) is 22.7. The molecule has 0 unspecified atom stereocenters. The van der Waals surface area contributed by atoms with Crippen LogP contribution >= 0.6 is 39.0 Å². The van der Waals surface area contributed by atoms with E-state index in [0.29, 0.717) is 10.7 Å². The van der Waals surface area contributed by atoms with Crippen molar-refractivity contribution < 1.29 is 27.2 Å². The van der Waals surface area contributed by atoms with Crippen molar-refractivity contribution in [3.8, 4) is 0 Å². The molecule has 178 valence electrons. The van der Waals surface area contributed by atoms with Gasteiger partial charge in [-0.25, -0.2) is 0 Å². The van der Waals surface area contributed by atoms with Crippen LogP contribution in [0, 0.1) is 0 Å². The van der Waals surface area contributed by atoms with Crippen molar-refractivity contribution in [1.82, 2.24) is 0 Å². The van der Waals surface area contributed by atoms with E-state index in [4.69, 9.17) is 41.9 Å². The second kappa shape index (κ2) is 12.2. The molecule has 0 atom stereocenters. The predicted molar refractivity (Wildman–Crippen MR) is 132 cm³/mol. The molecule has 0 aliphatic heterocycles. The molecule has 0 saturated heterocycles. The van der Waals surface area contributed by atoms with Crippen molar-refractivity contribution in [2.24, 2.45) is 0 Å². The third-order valence-electron chi connectivity index (χ3n) is 3.36. The summed E-state index contributed by atoms with van der Waals surface area (Å²) in [5, 5.41) is 1.96. The van der Waals surface area contributed by atoms with Gasteiger partial charge < -0.3 is 23.4 Å². The third-order valence-corrected chi connectivity index (χ3v) is 10.6. The first kappa shape index (κ1) is 28.7. The molecular weight excluding hydrogens is 480 g/mol. The molecule has 0 aliphatic rings. The average Bonchev–Trinajstić information content (AvgIpc) is 2.50. The second-order valence-electron chi connectivity index (χ2n) is 8.07. The largest absolute Gasteiger partial charge is 0.353 e. The number of benzene rings is 1. The molecule has 0 bridgehead atoms. The summed E-state index contributed by atoms with van der Waals surface area (Å²) >= 11 is 11.7. The summed E-state index contributed by atoms with van der Waals surface area (Å²) in [6.45, 7) is 13.7. The first-order valence-electron chi connectivity index (χ1n) is 10.2. The lowest BCUT2D eigenvalue weighted by molar-refractivity contribution is 0.127. The van der Waals surface area contributed by atoms with E-state index in [2.05, 4.69) is 5.32 Å². The number of rotatable bonds is 12. The molecule has 1 N–H and O–H groups in total. The Kier molecular flexibility index (Phi) is 11.3. The summed E-state index contributed by atoms with van der Waals surface area (Å²) in [4.78, 5) is -0.0449. The lowest BCUT2D eigenvalue weighted by Gasteiger charge is -2.35. The molecule has 11 heteroatoms. The normalized spacial score (nSPS) is 13.1. The summed E-state index contributed by atoms with van der Waals surface area (Å²) < 4.78 is 51.2. The predicted octanol–water partition coefficient (Wildman–Crippen LogP) is 7.49. The zero-order valence-electron chi connectivity index (χ0n) is 19.3. The Bertz CT molecular complexity index is 768. The molecule has 7 nitrogen and oxygen atoms in total. The molecule has 0 radical (unpaired) electrons. The number of nitrogens with one attached hydrogen (secondary N) is 1.